The quantitative estimate of drug-likeness (QED) is 0.0169. The van der Waals surface area contributed by atoms with E-state index >= 15 is 0 Å². The van der Waals surface area contributed by atoms with Gasteiger partial charge < -0.3 is 33.8 Å². The van der Waals surface area contributed by atoms with Gasteiger partial charge in [0.15, 0.2) is 12.2 Å². The lowest BCUT2D eigenvalue weighted by atomic mass is 10.0. The first-order valence-corrected chi connectivity index (χ1v) is 42.5. The third kappa shape index (κ3) is 72.3. The van der Waals surface area contributed by atoms with E-state index in [1.165, 1.54) is 109 Å². The van der Waals surface area contributed by atoms with Crippen molar-refractivity contribution in [3.8, 4) is 0 Å². The minimum absolute atomic E-state index is 0.0715. The molecule has 5 atom stereocenters. The summed E-state index contributed by atoms with van der Waals surface area (Å²) < 4.78 is 68.5. The Kier molecular flexibility index (Phi) is 70.4. The number of phosphoric ester groups is 2. The molecule has 0 saturated carbocycles. The molecule has 0 spiro atoms. The van der Waals surface area contributed by atoms with Crippen molar-refractivity contribution in [3.63, 3.8) is 0 Å². The maximum absolute atomic E-state index is 13.1. The van der Waals surface area contributed by atoms with E-state index < -0.39 is 97.5 Å². The van der Waals surface area contributed by atoms with Crippen LogP contribution in [0, 0.1) is 0 Å². The standard InChI is InChI=1S/C81H142O17P2/c1-5-9-13-17-21-25-29-33-35-37-39-43-46-50-54-58-62-66-79(84)92-72-77(98-81(86)68-64-60-56-52-48-44-40-38-36-34-30-26-22-18-14-10-6-2)74-96-100(89,90)94-70-75(82)69-93-99(87,88)95-73-76(97-80(85)67-63-59-55-51-47-42-32-28-24-20-16-12-8-4)71-91-78(83)65-61-57-53-49-45-41-31-27-23-19-15-11-7-3/h9-10,13-14,21-22,25-26,33-36,39,43,50,54,75-77,82H,5-8,11-12,15-20,23-24,27-32,37-38,40-42,44-49,51-53,55-74H2,1-4H3,(H,87,88)(H,89,90)/b13-9-,14-10-,25-21-,26-22-,35-33-,36-34-,43-39-,54-50-. The van der Waals surface area contributed by atoms with Gasteiger partial charge in [-0.2, -0.15) is 0 Å². The Labute approximate surface area is 607 Å². The number of rotatable bonds is 74. The Balaban J connectivity index is 5.39. The lowest BCUT2D eigenvalue weighted by Gasteiger charge is -2.21. The van der Waals surface area contributed by atoms with E-state index in [1.807, 2.05) is 12.2 Å². The van der Waals surface area contributed by atoms with Crippen LogP contribution in [0.25, 0.3) is 0 Å². The zero-order valence-corrected chi connectivity index (χ0v) is 64.9. The van der Waals surface area contributed by atoms with Gasteiger partial charge in [0.1, 0.15) is 19.3 Å². The normalized spacial score (nSPS) is 14.4. The van der Waals surface area contributed by atoms with Gasteiger partial charge in [0.2, 0.25) is 0 Å². The molecular weight excluding hydrogens is 1310 g/mol. The fourth-order valence-electron chi connectivity index (χ4n) is 10.6. The molecule has 0 aromatic rings. The van der Waals surface area contributed by atoms with Crippen molar-refractivity contribution < 1.29 is 80.2 Å². The largest absolute Gasteiger partial charge is 0.472 e. The fourth-order valence-corrected chi connectivity index (χ4v) is 12.2. The molecule has 0 aliphatic rings. The Morgan fingerprint density at radius 1 is 0.290 bits per heavy atom. The maximum Gasteiger partial charge on any atom is 0.472 e. The number of phosphoric acid groups is 2. The maximum atomic E-state index is 13.1. The molecule has 0 aromatic heterocycles. The first kappa shape index (κ1) is 96.0. The van der Waals surface area contributed by atoms with Gasteiger partial charge >= 0.3 is 39.5 Å². The van der Waals surface area contributed by atoms with Gasteiger partial charge in [0.25, 0.3) is 0 Å². The summed E-state index contributed by atoms with van der Waals surface area (Å²) in [6.07, 6.45) is 76.8. The number of hydrogen-bond donors (Lipinski definition) is 3. The molecule has 0 saturated heterocycles. The van der Waals surface area contributed by atoms with Crippen LogP contribution in [-0.4, -0.2) is 96.7 Å². The Bertz CT molecular complexity index is 2270. The molecule has 0 bridgehead atoms. The summed E-state index contributed by atoms with van der Waals surface area (Å²) in [4.78, 5) is 72.9. The SMILES string of the molecule is CC/C=C\C/C=C\C/C=C\C/C=C\C/C=C\CCCC(=O)OCC(COP(=O)(O)OCC(O)COP(=O)(O)OCC(COC(=O)CCCCCCCCCCCCCCC)OC(=O)CCCCCCCCCCCCCCC)OC(=O)CCCCCCCCC/C=C\C/C=C\C/C=C\CC. The summed E-state index contributed by atoms with van der Waals surface area (Å²) >= 11 is 0. The first-order chi connectivity index (χ1) is 48.7. The first-order valence-electron chi connectivity index (χ1n) is 39.5. The minimum Gasteiger partial charge on any atom is -0.462 e. The summed E-state index contributed by atoms with van der Waals surface area (Å²) in [6, 6.07) is 0. The second-order valence-corrected chi connectivity index (χ2v) is 29.2. The highest BCUT2D eigenvalue weighted by Crippen LogP contribution is 2.45. The molecule has 5 unspecified atom stereocenters. The molecule has 0 heterocycles. The third-order valence-electron chi connectivity index (χ3n) is 16.6. The summed E-state index contributed by atoms with van der Waals surface area (Å²) in [6.45, 7) is 4.62. The zero-order chi connectivity index (χ0) is 73.2. The average molecular weight is 1450 g/mol. The van der Waals surface area contributed by atoms with Crippen LogP contribution in [-0.2, 0) is 65.4 Å². The molecule has 3 N–H and O–H groups in total. The van der Waals surface area contributed by atoms with E-state index in [9.17, 15) is 43.2 Å². The molecule has 19 heteroatoms. The van der Waals surface area contributed by atoms with Gasteiger partial charge in [-0.3, -0.25) is 37.3 Å². The van der Waals surface area contributed by atoms with Crippen LogP contribution in [0.15, 0.2) is 97.2 Å². The van der Waals surface area contributed by atoms with Crippen LogP contribution in [0.4, 0.5) is 0 Å². The Morgan fingerprint density at radius 2 is 0.530 bits per heavy atom. The number of allylic oxidation sites excluding steroid dienone is 16. The van der Waals surface area contributed by atoms with Crippen molar-refractivity contribution in [2.75, 3.05) is 39.6 Å². The van der Waals surface area contributed by atoms with Gasteiger partial charge in [0.05, 0.1) is 26.4 Å². The topological polar surface area (TPSA) is 237 Å². The van der Waals surface area contributed by atoms with Gasteiger partial charge in [-0.1, -0.05) is 311 Å². The van der Waals surface area contributed by atoms with Crippen molar-refractivity contribution in [2.24, 2.45) is 0 Å². The van der Waals surface area contributed by atoms with E-state index in [-0.39, 0.29) is 25.7 Å². The Morgan fingerprint density at radius 3 is 0.840 bits per heavy atom. The van der Waals surface area contributed by atoms with Crippen molar-refractivity contribution in [1.29, 1.82) is 0 Å². The van der Waals surface area contributed by atoms with E-state index in [1.54, 1.807) is 0 Å². The fraction of sp³-hybridized carbons (Fsp3) is 0.753. The number of unbranched alkanes of at least 4 members (excludes halogenated alkanes) is 32. The average Bonchev–Trinajstić information content (AvgIpc) is 1.15. The van der Waals surface area contributed by atoms with Crippen molar-refractivity contribution in [3.05, 3.63) is 97.2 Å². The minimum atomic E-state index is -4.99. The van der Waals surface area contributed by atoms with Gasteiger partial charge in [-0.25, -0.2) is 9.13 Å². The summed E-state index contributed by atoms with van der Waals surface area (Å²) in [5, 5.41) is 10.6. The lowest BCUT2D eigenvalue weighted by molar-refractivity contribution is -0.161. The summed E-state index contributed by atoms with van der Waals surface area (Å²) in [5.41, 5.74) is 0. The third-order valence-corrected chi connectivity index (χ3v) is 18.5. The van der Waals surface area contributed by atoms with E-state index in [2.05, 4.69) is 113 Å². The van der Waals surface area contributed by atoms with Crippen LogP contribution in [0.1, 0.15) is 336 Å². The molecule has 0 radical (unpaired) electrons. The highest BCUT2D eigenvalue weighted by Gasteiger charge is 2.30. The summed E-state index contributed by atoms with van der Waals surface area (Å²) in [7, 11) is -9.96. The van der Waals surface area contributed by atoms with Gasteiger partial charge in [-0.15, -0.1) is 0 Å². The van der Waals surface area contributed by atoms with E-state index in [0.29, 0.717) is 32.1 Å². The van der Waals surface area contributed by atoms with E-state index in [0.717, 1.165) is 141 Å². The molecular formula is C81H142O17P2. The highest BCUT2D eigenvalue weighted by molar-refractivity contribution is 7.47. The predicted octanol–water partition coefficient (Wildman–Crippen LogP) is 22.8. The number of ether oxygens (including phenoxy) is 4. The molecule has 17 nitrogen and oxygen atoms in total. The van der Waals surface area contributed by atoms with Crippen LogP contribution >= 0.6 is 15.6 Å². The zero-order valence-electron chi connectivity index (χ0n) is 63.1. The van der Waals surface area contributed by atoms with Crippen LogP contribution in [0.2, 0.25) is 0 Å². The molecule has 0 aliphatic heterocycles. The van der Waals surface area contributed by atoms with Gasteiger partial charge in [0, 0.05) is 25.7 Å². The second kappa shape index (κ2) is 73.3. The summed E-state index contributed by atoms with van der Waals surface area (Å²) in [5.74, 6) is -2.23. The van der Waals surface area contributed by atoms with Crippen LogP contribution < -0.4 is 0 Å². The Hall–Kier alpha value is -4.02. The smallest absolute Gasteiger partial charge is 0.462 e. The molecule has 578 valence electrons. The number of esters is 4. The molecule has 0 amide bonds. The number of aliphatic hydroxyl groups excluding tert-OH is 1. The van der Waals surface area contributed by atoms with Crippen LogP contribution in [0.3, 0.4) is 0 Å². The van der Waals surface area contributed by atoms with Crippen molar-refractivity contribution >= 4 is 39.5 Å². The molecule has 0 aliphatic carbocycles. The molecule has 0 rings (SSSR count). The number of aliphatic hydroxyl groups is 1. The number of carbonyl (C=O) groups excluding carboxylic acids is 4. The van der Waals surface area contributed by atoms with Gasteiger partial charge in [-0.05, 0) is 96.3 Å². The molecule has 0 aromatic carbocycles. The lowest BCUT2D eigenvalue weighted by Crippen LogP contribution is -2.30. The monoisotopic (exact) mass is 1450 g/mol. The van der Waals surface area contributed by atoms with Crippen molar-refractivity contribution in [2.45, 2.75) is 354 Å². The number of hydrogen-bond acceptors (Lipinski definition) is 15. The van der Waals surface area contributed by atoms with E-state index in [4.69, 9.17) is 37.0 Å². The second-order valence-electron chi connectivity index (χ2n) is 26.3. The number of carbonyl (C=O) groups is 4. The van der Waals surface area contributed by atoms with Crippen molar-refractivity contribution in [1.82, 2.24) is 0 Å². The molecule has 100 heavy (non-hydrogen) atoms. The highest BCUT2D eigenvalue weighted by atomic mass is 31.2. The predicted molar refractivity (Wildman–Crippen MR) is 409 cm³/mol. The molecule has 0 fully saturated rings. The van der Waals surface area contributed by atoms with Crippen LogP contribution in [0.5, 0.6) is 0 Å².